The lowest BCUT2D eigenvalue weighted by Gasteiger charge is -2.15. The highest BCUT2D eigenvalue weighted by Crippen LogP contribution is 2.11. The molecule has 106 valence electrons. The molecular formula is C15H31N3. The Morgan fingerprint density at radius 3 is 2.56 bits per heavy atom. The van der Waals surface area contributed by atoms with E-state index in [0.29, 0.717) is 0 Å². The van der Waals surface area contributed by atoms with E-state index >= 15 is 0 Å². The van der Waals surface area contributed by atoms with Crippen LogP contribution in [0.1, 0.15) is 65.7 Å². The molecule has 0 rings (SSSR count). The Balaban J connectivity index is 3.88. The van der Waals surface area contributed by atoms with Crippen LogP contribution in [0, 0.1) is 5.92 Å². The minimum atomic E-state index is 0.744. The van der Waals surface area contributed by atoms with Gasteiger partial charge in [0.1, 0.15) is 0 Å². The first-order valence-electron chi connectivity index (χ1n) is 7.28. The number of allylic oxidation sites excluding steroid dienone is 1. The van der Waals surface area contributed by atoms with Crippen LogP contribution < -0.4 is 5.84 Å². The summed E-state index contributed by atoms with van der Waals surface area (Å²) in [6.07, 6.45) is 10.3. The van der Waals surface area contributed by atoms with Gasteiger partial charge in [0.05, 0.1) is 5.70 Å². The second-order valence-corrected chi connectivity index (χ2v) is 5.36. The Kier molecular flexibility index (Phi) is 10.8. The number of hydrogen-bond acceptors (Lipinski definition) is 3. The maximum absolute atomic E-state index is 5.94. The van der Waals surface area contributed by atoms with Gasteiger partial charge in [-0.15, -0.1) is 0 Å². The molecule has 0 heterocycles. The first-order valence-corrected chi connectivity index (χ1v) is 7.28. The molecule has 0 aliphatic rings. The minimum Gasteiger partial charge on any atom is -0.316 e. The van der Waals surface area contributed by atoms with Crippen LogP contribution in [0.2, 0.25) is 0 Å². The van der Waals surface area contributed by atoms with Gasteiger partial charge in [-0.05, 0) is 38.3 Å². The van der Waals surface area contributed by atoms with Crippen molar-refractivity contribution >= 4 is 6.72 Å². The third-order valence-electron chi connectivity index (χ3n) is 3.00. The maximum atomic E-state index is 5.94. The largest absolute Gasteiger partial charge is 0.316 e. The van der Waals surface area contributed by atoms with E-state index in [0.717, 1.165) is 31.0 Å². The second-order valence-electron chi connectivity index (χ2n) is 5.36. The summed E-state index contributed by atoms with van der Waals surface area (Å²) in [5.41, 5.74) is 1.01. The fourth-order valence-electron chi connectivity index (χ4n) is 1.86. The quantitative estimate of drug-likeness (QED) is 0.260. The van der Waals surface area contributed by atoms with E-state index in [-0.39, 0.29) is 0 Å². The average molecular weight is 253 g/mol. The van der Waals surface area contributed by atoms with E-state index in [1.807, 2.05) is 6.20 Å². The summed E-state index contributed by atoms with van der Waals surface area (Å²) in [7, 11) is 0. The lowest BCUT2D eigenvalue weighted by atomic mass is 10.1. The Bertz CT molecular complexity index is 234. The topological polar surface area (TPSA) is 41.6 Å². The lowest BCUT2D eigenvalue weighted by molar-refractivity contribution is 0.363. The van der Waals surface area contributed by atoms with Crippen LogP contribution in [0.25, 0.3) is 0 Å². The van der Waals surface area contributed by atoms with Crippen LogP contribution in [0.15, 0.2) is 16.9 Å². The molecule has 0 aliphatic heterocycles. The molecule has 0 aromatic rings. The zero-order valence-electron chi connectivity index (χ0n) is 12.5. The molecule has 0 saturated carbocycles. The SMILES string of the molecule is C=N/C(=C\N(N)CCCC(C)C)CCCCCC. The van der Waals surface area contributed by atoms with Gasteiger partial charge >= 0.3 is 0 Å². The van der Waals surface area contributed by atoms with Crippen LogP contribution in [0.5, 0.6) is 0 Å². The highest BCUT2D eigenvalue weighted by atomic mass is 15.4. The third kappa shape index (κ3) is 10.3. The molecule has 0 bridgehead atoms. The van der Waals surface area contributed by atoms with E-state index in [1.54, 1.807) is 5.01 Å². The van der Waals surface area contributed by atoms with Gasteiger partial charge in [-0.25, -0.2) is 5.84 Å². The molecule has 0 fully saturated rings. The molecule has 0 atom stereocenters. The summed E-state index contributed by atoms with van der Waals surface area (Å²) in [6, 6.07) is 0. The van der Waals surface area contributed by atoms with Gasteiger partial charge < -0.3 is 5.01 Å². The van der Waals surface area contributed by atoms with Crippen molar-refractivity contribution in [3.8, 4) is 0 Å². The number of unbranched alkanes of at least 4 members (excludes halogenated alkanes) is 3. The number of nitrogens with zero attached hydrogens (tertiary/aromatic N) is 2. The predicted molar refractivity (Wildman–Crippen MR) is 81.4 cm³/mol. The van der Waals surface area contributed by atoms with Gasteiger partial charge in [0, 0.05) is 12.7 Å². The molecule has 2 N–H and O–H groups in total. The molecule has 0 unspecified atom stereocenters. The van der Waals surface area contributed by atoms with Gasteiger partial charge in [-0.2, -0.15) is 0 Å². The van der Waals surface area contributed by atoms with Crippen molar-refractivity contribution in [3.05, 3.63) is 11.9 Å². The van der Waals surface area contributed by atoms with Crippen molar-refractivity contribution in [1.82, 2.24) is 5.01 Å². The Morgan fingerprint density at radius 1 is 1.28 bits per heavy atom. The van der Waals surface area contributed by atoms with Crippen LogP contribution in [0.4, 0.5) is 0 Å². The summed E-state index contributed by atoms with van der Waals surface area (Å²) in [6.45, 7) is 11.2. The lowest BCUT2D eigenvalue weighted by Crippen LogP contribution is -2.26. The van der Waals surface area contributed by atoms with E-state index in [4.69, 9.17) is 5.84 Å². The number of nitrogens with two attached hydrogens (primary N) is 1. The van der Waals surface area contributed by atoms with Crippen molar-refractivity contribution in [1.29, 1.82) is 0 Å². The molecule has 0 aromatic carbocycles. The molecule has 3 heteroatoms. The first-order chi connectivity index (χ1) is 8.60. The standard InChI is InChI=1S/C15H31N3/c1-5-6-7-8-11-15(17-4)13-18(16)12-9-10-14(2)3/h13-14H,4-12,16H2,1-3H3/b15-13-. The fraction of sp³-hybridized carbons (Fsp3) is 0.800. The van der Waals surface area contributed by atoms with Crippen molar-refractivity contribution < 1.29 is 0 Å². The normalized spacial score (nSPS) is 11.9. The van der Waals surface area contributed by atoms with Gasteiger partial charge in [-0.3, -0.25) is 4.99 Å². The minimum absolute atomic E-state index is 0.744. The molecule has 0 amide bonds. The van der Waals surface area contributed by atoms with Crippen LogP contribution in [-0.2, 0) is 0 Å². The van der Waals surface area contributed by atoms with Crippen LogP contribution in [-0.4, -0.2) is 18.3 Å². The van der Waals surface area contributed by atoms with Crippen LogP contribution in [0.3, 0.4) is 0 Å². The number of rotatable bonds is 11. The predicted octanol–water partition coefficient (Wildman–Crippen LogP) is 4.11. The molecule has 3 nitrogen and oxygen atoms in total. The van der Waals surface area contributed by atoms with E-state index < -0.39 is 0 Å². The summed E-state index contributed by atoms with van der Waals surface area (Å²) in [4.78, 5) is 4.06. The van der Waals surface area contributed by atoms with E-state index in [9.17, 15) is 0 Å². The van der Waals surface area contributed by atoms with Crippen molar-refractivity contribution in [2.45, 2.75) is 65.7 Å². The van der Waals surface area contributed by atoms with Crippen molar-refractivity contribution in [3.63, 3.8) is 0 Å². The van der Waals surface area contributed by atoms with Gasteiger partial charge in [0.15, 0.2) is 0 Å². The highest BCUT2D eigenvalue weighted by Gasteiger charge is 2.00. The zero-order valence-corrected chi connectivity index (χ0v) is 12.5. The summed E-state index contributed by atoms with van der Waals surface area (Å²) in [5, 5.41) is 1.76. The summed E-state index contributed by atoms with van der Waals surface area (Å²) >= 11 is 0. The van der Waals surface area contributed by atoms with Gasteiger partial charge in [-0.1, -0.05) is 40.0 Å². The van der Waals surface area contributed by atoms with E-state index in [2.05, 4.69) is 32.5 Å². The molecule has 18 heavy (non-hydrogen) atoms. The Hall–Kier alpha value is -0.830. The average Bonchev–Trinajstić information content (AvgIpc) is 2.32. The number of aliphatic imine (C=N–C) groups is 1. The zero-order chi connectivity index (χ0) is 13.8. The first kappa shape index (κ1) is 17.2. The van der Waals surface area contributed by atoms with Crippen molar-refractivity contribution in [2.75, 3.05) is 6.54 Å². The molecular weight excluding hydrogens is 222 g/mol. The second kappa shape index (κ2) is 11.3. The Morgan fingerprint density at radius 2 is 2.00 bits per heavy atom. The smallest absolute Gasteiger partial charge is 0.0569 e. The van der Waals surface area contributed by atoms with Crippen LogP contribution >= 0.6 is 0 Å². The molecule has 0 saturated heterocycles. The molecule has 0 spiro atoms. The molecule has 0 aromatic heterocycles. The summed E-state index contributed by atoms with van der Waals surface area (Å²) in [5.74, 6) is 6.68. The van der Waals surface area contributed by atoms with E-state index in [1.165, 1.54) is 32.1 Å². The molecule has 0 aliphatic carbocycles. The monoisotopic (exact) mass is 253 g/mol. The van der Waals surface area contributed by atoms with Gasteiger partial charge in [0.2, 0.25) is 0 Å². The summed E-state index contributed by atoms with van der Waals surface area (Å²) < 4.78 is 0. The number of hydrogen-bond donors (Lipinski definition) is 1. The van der Waals surface area contributed by atoms with Crippen molar-refractivity contribution in [2.24, 2.45) is 16.8 Å². The van der Waals surface area contributed by atoms with Gasteiger partial charge in [0.25, 0.3) is 0 Å². The maximum Gasteiger partial charge on any atom is 0.0569 e. The third-order valence-corrected chi connectivity index (χ3v) is 3.00. The highest BCUT2D eigenvalue weighted by molar-refractivity contribution is 5.28. The Labute approximate surface area is 113 Å². The molecule has 0 radical (unpaired) electrons. The number of hydrazine groups is 1. The fourth-order valence-corrected chi connectivity index (χ4v) is 1.86.